The molecule has 1 aliphatic rings. The predicted molar refractivity (Wildman–Crippen MR) is 91.9 cm³/mol. The van der Waals surface area contributed by atoms with E-state index < -0.39 is 0 Å². The molecule has 0 spiro atoms. The van der Waals surface area contributed by atoms with Gasteiger partial charge >= 0.3 is 0 Å². The molecule has 0 bridgehead atoms. The molecule has 2 atom stereocenters. The molecule has 1 fully saturated rings. The van der Waals surface area contributed by atoms with Crippen LogP contribution in [0, 0.1) is 0 Å². The Morgan fingerprint density at radius 1 is 1.30 bits per heavy atom. The minimum atomic E-state index is 0.478. The lowest BCUT2D eigenvalue weighted by molar-refractivity contribution is 0.535. The highest BCUT2D eigenvalue weighted by Gasteiger charge is 2.22. The third-order valence-corrected chi connectivity index (χ3v) is 5.48. The Hall–Kier alpha value is -0.670. The number of nitrogens with one attached hydrogen (secondary N) is 1. The average Bonchev–Trinajstić information content (AvgIpc) is 2.52. The van der Waals surface area contributed by atoms with Crippen molar-refractivity contribution in [3.63, 3.8) is 0 Å². The van der Waals surface area contributed by atoms with Gasteiger partial charge in [-0.1, -0.05) is 39.0 Å². The minimum Gasteiger partial charge on any atom is -0.369 e. The van der Waals surface area contributed by atoms with E-state index in [4.69, 9.17) is 0 Å². The average molecular weight is 292 g/mol. The smallest absolute Gasteiger partial charge is 0.0415 e. The summed E-state index contributed by atoms with van der Waals surface area (Å²) in [6.07, 6.45) is 2.42. The van der Waals surface area contributed by atoms with E-state index in [0.29, 0.717) is 6.04 Å². The fourth-order valence-corrected chi connectivity index (χ4v) is 4.16. The van der Waals surface area contributed by atoms with Gasteiger partial charge in [0.05, 0.1) is 0 Å². The highest BCUT2D eigenvalue weighted by atomic mass is 32.2. The SMILES string of the molecule is CCNC(CC)c1ccccc1N1CCSC(CC)C1. The maximum Gasteiger partial charge on any atom is 0.0415 e. The highest BCUT2D eigenvalue weighted by Crippen LogP contribution is 2.32. The van der Waals surface area contributed by atoms with Gasteiger partial charge in [0.1, 0.15) is 0 Å². The van der Waals surface area contributed by atoms with E-state index >= 15 is 0 Å². The summed E-state index contributed by atoms with van der Waals surface area (Å²) in [6.45, 7) is 10.2. The van der Waals surface area contributed by atoms with Gasteiger partial charge in [-0.15, -0.1) is 0 Å². The van der Waals surface area contributed by atoms with Crippen LogP contribution in [0.25, 0.3) is 0 Å². The van der Waals surface area contributed by atoms with Crippen molar-refractivity contribution in [3.05, 3.63) is 29.8 Å². The molecule has 3 heteroatoms. The molecule has 1 aromatic carbocycles. The summed E-state index contributed by atoms with van der Waals surface area (Å²) in [6, 6.07) is 9.44. The molecule has 2 rings (SSSR count). The van der Waals surface area contributed by atoms with Gasteiger partial charge in [-0.2, -0.15) is 11.8 Å². The first-order valence-electron chi connectivity index (χ1n) is 7.98. The van der Waals surface area contributed by atoms with Crippen molar-refractivity contribution in [2.45, 2.75) is 44.9 Å². The fraction of sp³-hybridized carbons (Fsp3) is 0.647. The van der Waals surface area contributed by atoms with Gasteiger partial charge in [-0.25, -0.2) is 0 Å². The van der Waals surface area contributed by atoms with Crippen molar-refractivity contribution in [2.75, 3.05) is 30.3 Å². The summed E-state index contributed by atoms with van der Waals surface area (Å²) in [5.74, 6) is 1.25. The number of hydrogen-bond donors (Lipinski definition) is 1. The number of para-hydroxylation sites is 1. The lowest BCUT2D eigenvalue weighted by Crippen LogP contribution is -2.38. The molecule has 0 aliphatic carbocycles. The van der Waals surface area contributed by atoms with Gasteiger partial charge in [0.15, 0.2) is 0 Å². The maximum atomic E-state index is 3.62. The lowest BCUT2D eigenvalue weighted by atomic mass is 10.0. The summed E-state index contributed by atoms with van der Waals surface area (Å²) in [5.41, 5.74) is 2.91. The van der Waals surface area contributed by atoms with Crippen molar-refractivity contribution < 1.29 is 0 Å². The van der Waals surface area contributed by atoms with Crippen molar-refractivity contribution >= 4 is 17.4 Å². The van der Waals surface area contributed by atoms with Gasteiger partial charge in [0, 0.05) is 35.8 Å². The summed E-state index contributed by atoms with van der Waals surface area (Å²) < 4.78 is 0. The van der Waals surface area contributed by atoms with E-state index in [1.165, 1.54) is 36.5 Å². The molecule has 1 aliphatic heterocycles. The van der Waals surface area contributed by atoms with Crippen molar-refractivity contribution in [2.24, 2.45) is 0 Å². The van der Waals surface area contributed by atoms with Gasteiger partial charge in [-0.3, -0.25) is 0 Å². The lowest BCUT2D eigenvalue weighted by Gasteiger charge is -2.36. The predicted octanol–water partition coefficient (Wildman–Crippen LogP) is 4.08. The summed E-state index contributed by atoms with van der Waals surface area (Å²) in [5, 5.41) is 4.41. The van der Waals surface area contributed by atoms with Crippen LogP contribution in [0.4, 0.5) is 5.69 Å². The zero-order valence-corrected chi connectivity index (χ0v) is 13.9. The largest absolute Gasteiger partial charge is 0.369 e. The van der Waals surface area contributed by atoms with E-state index in [0.717, 1.165) is 18.2 Å². The van der Waals surface area contributed by atoms with Crippen LogP contribution in [0.5, 0.6) is 0 Å². The van der Waals surface area contributed by atoms with Crippen molar-refractivity contribution in [1.29, 1.82) is 0 Å². The maximum absolute atomic E-state index is 3.62. The molecular formula is C17H28N2S. The molecule has 2 nitrogen and oxygen atoms in total. The van der Waals surface area contributed by atoms with E-state index in [-0.39, 0.29) is 0 Å². The second kappa shape index (κ2) is 7.94. The molecule has 0 aromatic heterocycles. The topological polar surface area (TPSA) is 15.3 Å². The third-order valence-electron chi connectivity index (χ3n) is 4.11. The van der Waals surface area contributed by atoms with Gasteiger partial charge < -0.3 is 10.2 Å². The normalized spacial score (nSPS) is 20.9. The quantitative estimate of drug-likeness (QED) is 0.850. The Morgan fingerprint density at radius 3 is 2.80 bits per heavy atom. The monoisotopic (exact) mass is 292 g/mol. The molecule has 1 aromatic rings. The van der Waals surface area contributed by atoms with Crippen LogP contribution in [0.3, 0.4) is 0 Å². The number of hydrogen-bond acceptors (Lipinski definition) is 3. The van der Waals surface area contributed by atoms with E-state index in [1.807, 2.05) is 0 Å². The third kappa shape index (κ3) is 3.70. The van der Waals surface area contributed by atoms with Crippen LogP contribution in [0.1, 0.15) is 45.2 Å². The number of benzene rings is 1. The van der Waals surface area contributed by atoms with Crippen LogP contribution in [-0.2, 0) is 0 Å². The highest BCUT2D eigenvalue weighted by molar-refractivity contribution is 8.00. The molecular weight excluding hydrogens is 264 g/mol. The molecule has 0 saturated carbocycles. The molecule has 1 N–H and O–H groups in total. The van der Waals surface area contributed by atoms with Crippen LogP contribution in [0.2, 0.25) is 0 Å². The Morgan fingerprint density at radius 2 is 2.10 bits per heavy atom. The second-order valence-corrected chi connectivity index (χ2v) is 6.83. The zero-order chi connectivity index (χ0) is 14.4. The van der Waals surface area contributed by atoms with E-state index in [1.54, 1.807) is 0 Å². The molecule has 1 heterocycles. The molecule has 1 saturated heterocycles. The Bertz CT molecular complexity index is 408. The summed E-state index contributed by atoms with van der Waals surface area (Å²) >= 11 is 2.13. The van der Waals surface area contributed by atoms with Crippen molar-refractivity contribution in [3.8, 4) is 0 Å². The molecule has 20 heavy (non-hydrogen) atoms. The summed E-state index contributed by atoms with van der Waals surface area (Å²) in [7, 11) is 0. The number of rotatable bonds is 6. The molecule has 0 radical (unpaired) electrons. The second-order valence-electron chi connectivity index (χ2n) is 5.42. The summed E-state index contributed by atoms with van der Waals surface area (Å²) in [4.78, 5) is 2.60. The molecule has 0 amide bonds. The van der Waals surface area contributed by atoms with Crippen molar-refractivity contribution in [1.82, 2.24) is 5.32 Å². The van der Waals surface area contributed by atoms with E-state index in [9.17, 15) is 0 Å². The first-order chi connectivity index (χ1) is 9.80. The van der Waals surface area contributed by atoms with Crippen LogP contribution in [-0.4, -0.2) is 30.6 Å². The van der Waals surface area contributed by atoms with E-state index in [2.05, 4.69) is 67.0 Å². The Balaban J connectivity index is 2.22. The molecule has 112 valence electrons. The van der Waals surface area contributed by atoms with Crippen LogP contribution >= 0.6 is 11.8 Å². The Kier molecular flexibility index (Phi) is 6.24. The number of anilines is 1. The zero-order valence-electron chi connectivity index (χ0n) is 13.1. The fourth-order valence-electron chi connectivity index (χ4n) is 2.98. The number of thioether (sulfide) groups is 1. The molecule has 2 unspecified atom stereocenters. The minimum absolute atomic E-state index is 0.478. The first kappa shape index (κ1) is 15.7. The Labute approximate surface area is 128 Å². The number of nitrogens with zero attached hydrogens (tertiary/aromatic N) is 1. The van der Waals surface area contributed by atoms with Crippen LogP contribution in [0.15, 0.2) is 24.3 Å². The first-order valence-corrected chi connectivity index (χ1v) is 9.03. The van der Waals surface area contributed by atoms with Gasteiger partial charge in [0.2, 0.25) is 0 Å². The van der Waals surface area contributed by atoms with Crippen LogP contribution < -0.4 is 10.2 Å². The van der Waals surface area contributed by atoms with Gasteiger partial charge in [0.25, 0.3) is 0 Å². The standard InChI is InChI=1S/C17H28N2S/c1-4-14-13-19(11-12-20-14)17-10-8-7-9-15(17)16(5-2)18-6-3/h7-10,14,16,18H,4-6,11-13H2,1-3H3. The van der Waals surface area contributed by atoms with Gasteiger partial charge in [-0.05, 0) is 31.0 Å².